The van der Waals surface area contributed by atoms with Gasteiger partial charge in [0.25, 0.3) is 5.56 Å². The van der Waals surface area contributed by atoms with Crippen LogP contribution in [0.3, 0.4) is 0 Å². The third kappa shape index (κ3) is 5.49. The van der Waals surface area contributed by atoms with Gasteiger partial charge in [0.1, 0.15) is 12.9 Å². The molecule has 2 aromatic carbocycles. The van der Waals surface area contributed by atoms with Gasteiger partial charge in [-0.1, -0.05) is 23.7 Å². The lowest BCUT2D eigenvalue weighted by Crippen LogP contribution is -2.23. The number of aromatic amines is 1. The van der Waals surface area contributed by atoms with E-state index >= 15 is 0 Å². The Morgan fingerprint density at radius 2 is 1.93 bits per heavy atom. The Hall–Kier alpha value is -4.74. The number of ether oxygens (including phenoxy) is 2. The van der Waals surface area contributed by atoms with E-state index in [4.69, 9.17) is 21.1 Å². The topological polar surface area (TPSA) is 129 Å². The van der Waals surface area contributed by atoms with Crippen LogP contribution in [0.2, 0.25) is 5.02 Å². The van der Waals surface area contributed by atoms with Crippen LogP contribution >= 0.6 is 11.6 Å². The second-order valence-corrected chi connectivity index (χ2v) is 10.0. The summed E-state index contributed by atoms with van der Waals surface area (Å²) in [5.41, 5.74) is 6.57. The number of carbonyl (C=O) groups is 1. The lowest BCUT2D eigenvalue weighted by Gasteiger charge is -2.15. The Balaban J connectivity index is 1.22. The smallest absolute Gasteiger partial charge is 0.411 e. The van der Waals surface area contributed by atoms with E-state index in [-0.39, 0.29) is 18.2 Å². The number of hydrogen-bond donors (Lipinski definition) is 2. The van der Waals surface area contributed by atoms with Gasteiger partial charge in [-0.25, -0.2) is 4.79 Å². The van der Waals surface area contributed by atoms with Crippen LogP contribution in [0.15, 0.2) is 77.9 Å². The van der Waals surface area contributed by atoms with Crippen LogP contribution in [-0.2, 0) is 15.9 Å². The monoisotopic (exact) mass is 571 g/mol. The highest BCUT2D eigenvalue weighted by Gasteiger charge is 2.27. The zero-order valence-corrected chi connectivity index (χ0v) is 22.8. The van der Waals surface area contributed by atoms with Gasteiger partial charge in [-0.15, -0.1) is 5.10 Å². The fourth-order valence-electron chi connectivity index (χ4n) is 5.14. The molecule has 0 unspecified atom stereocenters. The third-order valence-electron chi connectivity index (χ3n) is 7.03. The summed E-state index contributed by atoms with van der Waals surface area (Å²) >= 11 is 6.32. The SMILES string of the molecule is COCCOC(=O)Nc1ccc(-c2ccc([C@@H]3CCc4cc(-c5cc(Cl)ccc5-n5cnnn5)cc(=O)n43)[nH]2)cc1. The minimum Gasteiger partial charge on any atom is -0.447 e. The normalized spacial score (nSPS) is 14.1. The maximum atomic E-state index is 13.5. The largest absolute Gasteiger partial charge is 0.447 e. The van der Waals surface area contributed by atoms with Crippen molar-refractivity contribution in [3.63, 3.8) is 0 Å². The van der Waals surface area contributed by atoms with Crippen molar-refractivity contribution in [3.05, 3.63) is 99.8 Å². The number of hydrogen-bond acceptors (Lipinski definition) is 7. The number of aromatic nitrogens is 6. The average Bonchev–Trinajstić information content (AvgIpc) is 3.75. The highest BCUT2D eigenvalue weighted by atomic mass is 35.5. The summed E-state index contributed by atoms with van der Waals surface area (Å²) in [6, 6.07) is 20.4. The summed E-state index contributed by atoms with van der Waals surface area (Å²) in [5, 5.41) is 14.7. The summed E-state index contributed by atoms with van der Waals surface area (Å²) in [5.74, 6) is 0. The van der Waals surface area contributed by atoms with Gasteiger partial charge in [0.15, 0.2) is 0 Å². The lowest BCUT2D eigenvalue weighted by molar-refractivity contribution is 0.107. The number of pyridine rings is 1. The molecule has 0 radical (unpaired) electrons. The Labute approximate surface area is 239 Å². The number of anilines is 1. The standard InChI is InChI=1S/C29H26ClN7O4/c1-40-12-13-41-29(39)32-21-5-2-18(3-6-21)24-8-9-25(33-24)27-11-7-22-14-19(15-28(38)37(22)27)23-16-20(30)4-10-26(23)36-17-31-34-35-36/h2-6,8-10,14-17,27,33H,7,11-13H2,1H3,(H,32,39)/t27-/m0/s1. The van der Waals surface area contributed by atoms with E-state index in [0.717, 1.165) is 52.3 Å². The molecule has 0 spiro atoms. The summed E-state index contributed by atoms with van der Waals surface area (Å²) in [6.07, 6.45) is 2.52. The molecule has 1 atom stereocenters. The number of fused-ring (bicyclic) bond motifs is 1. The first-order chi connectivity index (χ1) is 20.0. The fraction of sp³-hybridized carbons (Fsp3) is 0.207. The predicted octanol–water partition coefficient (Wildman–Crippen LogP) is 4.87. The number of H-pyrrole nitrogens is 1. The molecule has 1 amide bonds. The van der Waals surface area contributed by atoms with Crippen molar-refractivity contribution < 1.29 is 14.3 Å². The Kier molecular flexibility index (Phi) is 7.36. The number of benzene rings is 2. The summed E-state index contributed by atoms with van der Waals surface area (Å²) in [7, 11) is 1.55. The number of carbonyl (C=O) groups excluding carboxylic acids is 1. The van der Waals surface area contributed by atoms with Gasteiger partial charge < -0.3 is 19.0 Å². The van der Waals surface area contributed by atoms with Crippen molar-refractivity contribution in [2.75, 3.05) is 25.6 Å². The number of methoxy groups -OCH3 is 1. The predicted molar refractivity (Wildman–Crippen MR) is 153 cm³/mol. The summed E-state index contributed by atoms with van der Waals surface area (Å²) < 4.78 is 13.3. The molecule has 1 aliphatic heterocycles. The molecular formula is C29H26ClN7O4. The van der Waals surface area contributed by atoms with Gasteiger partial charge in [-0.3, -0.25) is 10.1 Å². The molecule has 0 saturated heterocycles. The molecule has 4 heterocycles. The first kappa shape index (κ1) is 26.5. The number of nitrogens with one attached hydrogen (secondary N) is 2. The third-order valence-corrected chi connectivity index (χ3v) is 7.26. The molecule has 208 valence electrons. The van der Waals surface area contributed by atoms with Crippen LogP contribution in [0.25, 0.3) is 28.1 Å². The number of halogens is 1. The van der Waals surface area contributed by atoms with Crippen LogP contribution in [-0.4, -0.2) is 56.2 Å². The van der Waals surface area contributed by atoms with Gasteiger partial charge in [-0.05, 0) is 82.9 Å². The number of rotatable bonds is 8. The second kappa shape index (κ2) is 11.4. The summed E-state index contributed by atoms with van der Waals surface area (Å²) in [6.45, 7) is 0.522. The van der Waals surface area contributed by atoms with Crippen LogP contribution in [0.4, 0.5) is 10.5 Å². The molecular weight excluding hydrogens is 546 g/mol. The lowest BCUT2D eigenvalue weighted by atomic mass is 10.0. The molecule has 41 heavy (non-hydrogen) atoms. The number of aryl methyl sites for hydroxylation is 1. The zero-order chi connectivity index (χ0) is 28.3. The van der Waals surface area contributed by atoms with Gasteiger partial charge >= 0.3 is 6.09 Å². The highest BCUT2D eigenvalue weighted by molar-refractivity contribution is 6.31. The molecule has 12 heteroatoms. The van der Waals surface area contributed by atoms with E-state index in [9.17, 15) is 9.59 Å². The molecule has 0 saturated carbocycles. The highest BCUT2D eigenvalue weighted by Crippen LogP contribution is 2.35. The van der Waals surface area contributed by atoms with Crippen molar-refractivity contribution in [3.8, 4) is 28.1 Å². The number of amides is 1. The van der Waals surface area contributed by atoms with Crippen molar-refractivity contribution in [2.45, 2.75) is 18.9 Å². The zero-order valence-electron chi connectivity index (χ0n) is 22.1. The second-order valence-electron chi connectivity index (χ2n) is 9.57. The molecule has 5 aromatic rings. The van der Waals surface area contributed by atoms with Gasteiger partial charge in [-0.2, -0.15) is 4.68 Å². The quantitative estimate of drug-likeness (QED) is 0.254. The van der Waals surface area contributed by atoms with Crippen LogP contribution in [0.1, 0.15) is 23.9 Å². The van der Waals surface area contributed by atoms with Crippen LogP contribution in [0, 0.1) is 0 Å². The number of nitrogens with zero attached hydrogens (tertiary/aromatic N) is 5. The molecule has 1 aliphatic rings. The van der Waals surface area contributed by atoms with Crippen molar-refractivity contribution in [2.24, 2.45) is 0 Å². The van der Waals surface area contributed by atoms with Crippen molar-refractivity contribution >= 4 is 23.4 Å². The Bertz CT molecular complexity index is 1750. The first-order valence-electron chi connectivity index (χ1n) is 13.0. The fourth-order valence-corrected chi connectivity index (χ4v) is 5.31. The molecule has 3 aromatic heterocycles. The van der Waals surface area contributed by atoms with Crippen molar-refractivity contribution in [1.82, 2.24) is 29.8 Å². The van der Waals surface area contributed by atoms with E-state index in [1.165, 1.54) is 6.33 Å². The average molecular weight is 572 g/mol. The first-order valence-corrected chi connectivity index (χ1v) is 13.4. The molecule has 6 rings (SSSR count). The molecule has 0 fully saturated rings. The maximum Gasteiger partial charge on any atom is 0.411 e. The molecule has 0 bridgehead atoms. The van der Waals surface area contributed by atoms with E-state index < -0.39 is 6.09 Å². The van der Waals surface area contributed by atoms with Gasteiger partial charge in [0.2, 0.25) is 0 Å². The van der Waals surface area contributed by atoms with Crippen LogP contribution in [0.5, 0.6) is 0 Å². The van der Waals surface area contributed by atoms with E-state index in [1.807, 2.05) is 59.2 Å². The van der Waals surface area contributed by atoms with E-state index in [0.29, 0.717) is 17.3 Å². The minimum absolute atomic E-state index is 0.0911. The van der Waals surface area contributed by atoms with E-state index in [2.05, 4.69) is 25.8 Å². The minimum atomic E-state index is -0.535. The van der Waals surface area contributed by atoms with Crippen molar-refractivity contribution in [1.29, 1.82) is 0 Å². The Morgan fingerprint density at radius 1 is 1.07 bits per heavy atom. The van der Waals surface area contributed by atoms with E-state index in [1.54, 1.807) is 23.9 Å². The number of tetrazole rings is 1. The van der Waals surface area contributed by atoms with Gasteiger partial charge in [0, 0.05) is 46.5 Å². The summed E-state index contributed by atoms with van der Waals surface area (Å²) in [4.78, 5) is 28.8. The Morgan fingerprint density at radius 3 is 2.71 bits per heavy atom. The van der Waals surface area contributed by atoms with Crippen LogP contribution < -0.4 is 10.9 Å². The molecule has 11 nitrogen and oxygen atoms in total. The molecule has 2 N–H and O–H groups in total. The van der Waals surface area contributed by atoms with Gasteiger partial charge in [0.05, 0.1) is 18.3 Å². The molecule has 0 aliphatic carbocycles. The maximum absolute atomic E-state index is 13.5.